The van der Waals surface area contributed by atoms with Crippen LogP contribution in [0, 0.1) is 5.92 Å². The summed E-state index contributed by atoms with van der Waals surface area (Å²) in [5, 5.41) is 15.4. The van der Waals surface area contributed by atoms with Crippen LogP contribution in [0.25, 0.3) is 0 Å². The smallest absolute Gasteiger partial charge is 0.240 e. The number of hydrogen-bond acceptors (Lipinski definition) is 4. The first-order chi connectivity index (χ1) is 16.2. The van der Waals surface area contributed by atoms with Crippen molar-refractivity contribution in [1.82, 2.24) is 10.2 Å². The third kappa shape index (κ3) is 7.11. The number of nitrogens with one attached hydrogen (secondary N) is 1. The third-order valence-electron chi connectivity index (χ3n) is 6.19. The standard InChI is InChI=1S/C27H37Cl2N3O2/c1-18(2)15-26(33)22-7-5-6-8-25(22)31-11-13-32(14-12-31)27(34)24(30-19(3)4)16-20-9-10-21(28)17-23(20)29/h5-10,17-19,24,26,30,33H,11-16H2,1-4H3/t24-,26?/m1/s1. The van der Waals surface area contributed by atoms with Gasteiger partial charge in [-0.1, -0.05) is 75.2 Å². The molecule has 2 aromatic carbocycles. The van der Waals surface area contributed by atoms with Crippen LogP contribution in [0.5, 0.6) is 0 Å². The molecule has 0 radical (unpaired) electrons. The van der Waals surface area contributed by atoms with Gasteiger partial charge in [0, 0.05) is 53.5 Å². The van der Waals surface area contributed by atoms with E-state index in [1.165, 1.54) is 0 Å². The van der Waals surface area contributed by atoms with Crippen molar-refractivity contribution in [3.05, 3.63) is 63.6 Å². The van der Waals surface area contributed by atoms with E-state index in [2.05, 4.69) is 30.1 Å². The Kier molecular flexibility index (Phi) is 9.66. The molecule has 2 atom stereocenters. The molecule has 0 aromatic heterocycles. The highest BCUT2D eigenvalue weighted by Crippen LogP contribution is 2.31. The van der Waals surface area contributed by atoms with Gasteiger partial charge in [0.25, 0.3) is 0 Å². The second-order valence-electron chi connectivity index (χ2n) is 9.83. The first-order valence-corrected chi connectivity index (χ1v) is 12.9. The molecule has 1 fully saturated rings. The van der Waals surface area contributed by atoms with E-state index in [0.717, 1.165) is 36.3 Å². The van der Waals surface area contributed by atoms with E-state index >= 15 is 0 Å². The number of carbonyl (C=O) groups is 1. The fourth-order valence-corrected chi connectivity index (χ4v) is 5.03. The van der Waals surface area contributed by atoms with E-state index < -0.39 is 6.10 Å². The van der Waals surface area contributed by atoms with Crippen molar-refractivity contribution in [3.8, 4) is 0 Å². The number of nitrogens with zero attached hydrogens (tertiary/aromatic N) is 2. The lowest BCUT2D eigenvalue weighted by Gasteiger charge is -2.39. The molecule has 7 heteroatoms. The minimum Gasteiger partial charge on any atom is -0.388 e. The quantitative estimate of drug-likeness (QED) is 0.483. The van der Waals surface area contributed by atoms with Crippen LogP contribution in [-0.2, 0) is 11.2 Å². The molecule has 0 spiro atoms. The molecule has 34 heavy (non-hydrogen) atoms. The molecular weight excluding hydrogens is 469 g/mol. The first kappa shape index (κ1) is 26.8. The summed E-state index contributed by atoms with van der Waals surface area (Å²) in [6.07, 6.45) is 0.752. The van der Waals surface area contributed by atoms with E-state index in [-0.39, 0.29) is 18.0 Å². The maximum Gasteiger partial charge on any atom is 0.240 e. The predicted molar refractivity (Wildman–Crippen MR) is 142 cm³/mol. The van der Waals surface area contributed by atoms with Gasteiger partial charge in [-0.15, -0.1) is 0 Å². The molecule has 1 aliphatic heterocycles. The van der Waals surface area contributed by atoms with Gasteiger partial charge in [0.05, 0.1) is 12.1 Å². The molecule has 186 valence electrons. The van der Waals surface area contributed by atoms with Crippen LogP contribution in [-0.4, -0.2) is 54.2 Å². The van der Waals surface area contributed by atoms with Crippen molar-refractivity contribution < 1.29 is 9.90 Å². The number of hydrogen-bond donors (Lipinski definition) is 2. The van der Waals surface area contributed by atoms with Gasteiger partial charge < -0.3 is 20.2 Å². The zero-order valence-corrected chi connectivity index (χ0v) is 22.1. The number of carbonyl (C=O) groups excluding carboxylic acids is 1. The average Bonchev–Trinajstić information content (AvgIpc) is 2.79. The molecule has 0 bridgehead atoms. The highest BCUT2D eigenvalue weighted by atomic mass is 35.5. The van der Waals surface area contributed by atoms with Crippen LogP contribution >= 0.6 is 23.2 Å². The number of rotatable bonds is 9. The Morgan fingerprint density at radius 3 is 2.32 bits per heavy atom. The number of aliphatic hydroxyl groups excluding tert-OH is 1. The van der Waals surface area contributed by atoms with E-state index in [0.29, 0.717) is 35.5 Å². The predicted octanol–water partition coefficient (Wildman–Crippen LogP) is 5.33. The topological polar surface area (TPSA) is 55.8 Å². The van der Waals surface area contributed by atoms with Crippen molar-refractivity contribution in [3.63, 3.8) is 0 Å². The summed E-state index contributed by atoms with van der Waals surface area (Å²) in [6, 6.07) is 13.3. The molecule has 2 aromatic rings. The van der Waals surface area contributed by atoms with Crippen LogP contribution in [0.2, 0.25) is 10.0 Å². The monoisotopic (exact) mass is 505 g/mol. The fourth-order valence-electron chi connectivity index (χ4n) is 4.55. The average molecular weight is 507 g/mol. The summed E-state index contributed by atoms with van der Waals surface area (Å²) in [5.74, 6) is 0.504. The SMILES string of the molecule is CC(C)CC(O)c1ccccc1N1CCN(C(=O)[C@@H](Cc2ccc(Cl)cc2Cl)NC(C)C)CC1. The summed E-state index contributed by atoms with van der Waals surface area (Å²) in [5.41, 5.74) is 2.93. The Morgan fingerprint density at radius 1 is 1.03 bits per heavy atom. The lowest BCUT2D eigenvalue weighted by atomic mass is 9.97. The Labute approximate surface area is 214 Å². The molecule has 1 amide bonds. The zero-order chi connectivity index (χ0) is 24.8. The molecule has 0 saturated carbocycles. The zero-order valence-electron chi connectivity index (χ0n) is 20.6. The molecule has 2 N–H and O–H groups in total. The number of piperazine rings is 1. The molecule has 1 unspecified atom stereocenters. The second kappa shape index (κ2) is 12.3. The van der Waals surface area contributed by atoms with Crippen molar-refractivity contribution in [2.45, 2.75) is 58.7 Å². The van der Waals surface area contributed by atoms with Crippen LogP contribution in [0.3, 0.4) is 0 Å². The normalized spacial score (nSPS) is 16.3. The lowest BCUT2D eigenvalue weighted by Crippen LogP contribution is -2.55. The van der Waals surface area contributed by atoms with Crippen molar-refractivity contribution in [1.29, 1.82) is 0 Å². The summed E-state index contributed by atoms with van der Waals surface area (Å²) < 4.78 is 0. The van der Waals surface area contributed by atoms with Crippen molar-refractivity contribution in [2.24, 2.45) is 5.92 Å². The van der Waals surface area contributed by atoms with Gasteiger partial charge in [0.1, 0.15) is 0 Å². The summed E-state index contributed by atoms with van der Waals surface area (Å²) >= 11 is 12.4. The third-order valence-corrected chi connectivity index (χ3v) is 6.78. The Balaban J connectivity index is 1.69. The molecule has 0 aliphatic carbocycles. The number of amides is 1. The summed E-state index contributed by atoms with van der Waals surface area (Å²) in [4.78, 5) is 17.7. The van der Waals surface area contributed by atoms with Gasteiger partial charge in [-0.3, -0.25) is 4.79 Å². The van der Waals surface area contributed by atoms with Crippen molar-refractivity contribution in [2.75, 3.05) is 31.1 Å². The molecule has 3 rings (SSSR count). The number of anilines is 1. The fraction of sp³-hybridized carbons (Fsp3) is 0.519. The minimum absolute atomic E-state index is 0.0903. The highest BCUT2D eigenvalue weighted by molar-refractivity contribution is 6.35. The molecule has 1 heterocycles. The number of aliphatic hydroxyl groups is 1. The molecule has 1 saturated heterocycles. The Hall–Kier alpha value is -1.79. The highest BCUT2D eigenvalue weighted by Gasteiger charge is 2.29. The minimum atomic E-state index is -0.486. The van der Waals surface area contributed by atoms with Gasteiger partial charge >= 0.3 is 0 Å². The van der Waals surface area contributed by atoms with Gasteiger partial charge in [0.15, 0.2) is 0 Å². The lowest BCUT2D eigenvalue weighted by molar-refractivity contribution is -0.134. The van der Waals surface area contributed by atoms with E-state index in [1.54, 1.807) is 6.07 Å². The second-order valence-corrected chi connectivity index (χ2v) is 10.7. The van der Waals surface area contributed by atoms with Gasteiger partial charge in [-0.25, -0.2) is 0 Å². The Bertz CT molecular complexity index is 959. The Morgan fingerprint density at radius 2 is 1.71 bits per heavy atom. The van der Waals surface area contributed by atoms with E-state index in [4.69, 9.17) is 23.2 Å². The first-order valence-electron chi connectivity index (χ1n) is 12.2. The van der Waals surface area contributed by atoms with Crippen molar-refractivity contribution >= 4 is 34.8 Å². The number of para-hydroxylation sites is 1. The maximum absolute atomic E-state index is 13.5. The van der Waals surface area contributed by atoms with Gasteiger partial charge in [-0.05, 0) is 42.5 Å². The number of benzene rings is 2. The largest absolute Gasteiger partial charge is 0.388 e. The van der Waals surface area contributed by atoms with E-state index in [1.807, 2.05) is 49.1 Å². The van der Waals surface area contributed by atoms with Gasteiger partial charge in [-0.2, -0.15) is 0 Å². The summed E-state index contributed by atoms with van der Waals surface area (Å²) in [6.45, 7) is 11.1. The van der Waals surface area contributed by atoms with Crippen LogP contribution in [0.1, 0.15) is 51.3 Å². The molecule has 5 nitrogen and oxygen atoms in total. The number of halogens is 2. The van der Waals surface area contributed by atoms with Crippen LogP contribution < -0.4 is 10.2 Å². The molecular formula is C27H37Cl2N3O2. The van der Waals surface area contributed by atoms with Gasteiger partial charge in [0.2, 0.25) is 5.91 Å². The van der Waals surface area contributed by atoms with E-state index in [9.17, 15) is 9.90 Å². The molecule has 1 aliphatic rings. The van der Waals surface area contributed by atoms with Crippen LogP contribution in [0.4, 0.5) is 5.69 Å². The van der Waals surface area contributed by atoms with Crippen LogP contribution in [0.15, 0.2) is 42.5 Å². The summed E-state index contributed by atoms with van der Waals surface area (Å²) in [7, 11) is 0. The maximum atomic E-state index is 13.5.